The number of nitrogen functional groups attached to an aromatic ring is 1. The molecular weight excluding hydrogens is 288 g/mol. The number of benzene rings is 1. The third-order valence-electron chi connectivity index (χ3n) is 3.73. The highest BCUT2D eigenvalue weighted by Gasteiger charge is 2.30. The summed E-state index contributed by atoms with van der Waals surface area (Å²) in [6.45, 7) is 5.73. The first-order chi connectivity index (χ1) is 9.92. The zero-order chi connectivity index (χ0) is 16.0. The number of sulfonamides is 1. The van der Waals surface area contributed by atoms with Crippen molar-refractivity contribution in [1.82, 2.24) is 4.31 Å². The average Bonchev–Trinajstić information content (AvgIpc) is 2.47. The van der Waals surface area contributed by atoms with Gasteiger partial charge >= 0.3 is 0 Å². The van der Waals surface area contributed by atoms with Crippen LogP contribution >= 0.6 is 0 Å². The minimum Gasteiger partial charge on any atom is -0.399 e. The Morgan fingerprint density at radius 3 is 2.33 bits per heavy atom. The van der Waals surface area contributed by atoms with Crippen LogP contribution in [0.2, 0.25) is 0 Å². The minimum atomic E-state index is -3.66. The van der Waals surface area contributed by atoms with Crippen LogP contribution in [-0.2, 0) is 16.4 Å². The number of hydrogen-bond acceptors (Lipinski definition) is 4. The molecule has 0 heterocycles. The van der Waals surface area contributed by atoms with Crippen molar-refractivity contribution < 1.29 is 13.5 Å². The molecule has 1 aromatic carbocycles. The van der Waals surface area contributed by atoms with Crippen LogP contribution in [0.15, 0.2) is 23.1 Å². The molecule has 0 saturated carbocycles. The van der Waals surface area contributed by atoms with E-state index in [9.17, 15) is 13.5 Å². The highest BCUT2D eigenvalue weighted by atomic mass is 32.2. The van der Waals surface area contributed by atoms with Gasteiger partial charge in [0, 0.05) is 18.3 Å². The van der Waals surface area contributed by atoms with Crippen molar-refractivity contribution in [3.8, 4) is 0 Å². The van der Waals surface area contributed by atoms with Gasteiger partial charge in [-0.15, -0.1) is 0 Å². The second-order valence-corrected chi connectivity index (χ2v) is 6.89. The van der Waals surface area contributed by atoms with Crippen LogP contribution in [0.5, 0.6) is 0 Å². The largest absolute Gasteiger partial charge is 0.399 e. The lowest BCUT2D eigenvalue weighted by Crippen LogP contribution is -2.41. The van der Waals surface area contributed by atoms with Gasteiger partial charge in [0.05, 0.1) is 11.5 Å². The quantitative estimate of drug-likeness (QED) is 0.719. The van der Waals surface area contributed by atoms with Crippen molar-refractivity contribution in [1.29, 1.82) is 0 Å². The summed E-state index contributed by atoms with van der Waals surface area (Å²) in [5.74, 6) is 0. The Hall–Kier alpha value is -1.11. The van der Waals surface area contributed by atoms with Gasteiger partial charge < -0.3 is 10.8 Å². The molecule has 3 N–H and O–H groups in total. The van der Waals surface area contributed by atoms with Crippen LogP contribution in [-0.4, -0.2) is 37.0 Å². The highest BCUT2D eigenvalue weighted by molar-refractivity contribution is 7.89. The van der Waals surface area contributed by atoms with E-state index < -0.39 is 10.0 Å². The van der Waals surface area contributed by atoms with Crippen LogP contribution in [0.25, 0.3) is 0 Å². The number of aliphatic hydroxyl groups is 1. The summed E-state index contributed by atoms with van der Waals surface area (Å²) in [5.41, 5.74) is 6.94. The van der Waals surface area contributed by atoms with E-state index >= 15 is 0 Å². The van der Waals surface area contributed by atoms with Crippen molar-refractivity contribution >= 4 is 15.7 Å². The molecular formula is C15H26N2O3S. The van der Waals surface area contributed by atoms with Gasteiger partial charge in [-0.1, -0.05) is 26.8 Å². The smallest absolute Gasteiger partial charge is 0.243 e. The molecule has 0 fully saturated rings. The van der Waals surface area contributed by atoms with Crippen LogP contribution in [0.3, 0.4) is 0 Å². The number of nitrogens with zero attached hydrogens (tertiary/aromatic N) is 1. The van der Waals surface area contributed by atoms with Gasteiger partial charge in [-0.2, -0.15) is 4.31 Å². The third kappa shape index (κ3) is 3.96. The maximum Gasteiger partial charge on any atom is 0.243 e. The molecule has 6 heteroatoms. The highest BCUT2D eigenvalue weighted by Crippen LogP contribution is 2.26. The van der Waals surface area contributed by atoms with Crippen molar-refractivity contribution in [2.75, 3.05) is 18.9 Å². The zero-order valence-electron chi connectivity index (χ0n) is 13.0. The molecule has 0 spiro atoms. The Labute approximate surface area is 127 Å². The summed E-state index contributed by atoms with van der Waals surface area (Å²) in [5, 5.41) is 9.24. The topological polar surface area (TPSA) is 83.6 Å². The van der Waals surface area contributed by atoms with Gasteiger partial charge in [0.1, 0.15) is 0 Å². The second-order valence-electron chi connectivity index (χ2n) is 5.03. The van der Waals surface area contributed by atoms with Gasteiger partial charge in [-0.25, -0.2) is 8.42 Å². The number of rotatable bonds is 8. The molecule has 0 atom stereocenters. The van der Waals surface area contributed by atoms with E-state index in [0.717, 1.165) is 5.56 Å². The maximum atomic E-state index is 13.0. The van der Waals surface area contributed by atoms with Crippen LogP contribution in [0.4, 0.5) is 5.69 Å². The van der Waals surface area contributed by atoms with E-state index in [4.69, 9.17) is 5.73 Å². The van der Waals surface area contributed by atoms with E-state index in [1.54, 1.807) is 12.1 Å². The molecule has 120 valence electrons. The first-order valence-corrected chi connectivity index (χ1v) is 8.87. The molecule has 0 aliphatic carbocycles. The van der Waals surface area contributed by atoms with Gasteiger partial charge in [-0.3, -0.25) is 0 Å². The van der Waals surface area contributed by atoms with Gasteiger partial charge in [-0.05, 0) is 37.0 Å². The van der Waals surface area contributed by atoms with E-state index in [1.807, 2.05) is 20.8 Å². The van der Waals surface area contributed by atoms with Crippen LogP contribution in [0, 0.1) is 0 Å². The van der Waals surface area contributed by atoms with Gasteiger partial charge in [0.25, 0.3) is 0 Å². The Kier molecular flexibility index (Phi) is 6.64. The zero-order valence-corrected chi connectivity index (χ0v) is 13.9. The first kappa shape index (κ1) is 17.9. The lowest BCUT2D eigenvalue weighted by Gasteiger charge is -2.29. The summed E-state index contributed by atoms with van der Waals surface area (Å²) in [6, 6.07) is 4.87. The van der Waals surface area contributed by atoms with Crippen molar-refractivity contribution in [2.24, 2.45) is 0 Å². The maximum absolute atomic E-state index is 13.0. The Morgan fingerprint density at radius 2 is 1.86 bits per heavy atom. The second kappa shape index (κ2) is 7.77. The Balaban J connectivity index is 3.38. The summed E-state index contributed by atoms with van der Waals surface area (Å²) in [7, 11) is -3.66. The van der Waals surface area contributed by atoms with Crippen molar-refractivity contribution in [3.05, 3.63) is 23.8 Å². The van der Waals surface area contributed by atoms with Gasteiger partial charge in [0.2, 0.25) is 10.0 Å². The molecule has 1 rings (SSSR count). The van der Waals surface area contributed by atoms with Gasteiger partial charge in [0.15, 0.2) is 0 Å². The number of anilines is 1. The fourth-order valence-electron chi connectivity index (χ4n) is 2.52. The molecule has 0 unspecified atom stereocenters. The number of aliphatic hydroxyl groups excluding tert-OH is 1. The van der Waals surface area contributed by atoms with Crippen LogP contribution in [0.1, 0.15) is 39.2 Å². The SMILES string of the molecule is CCc1ccc(N)cc1S(=O)(=O)N(CCO)C(CC)CC. The summed E-state index contributed by atoms with van der Waals surface area (Å²) in [6.07, 6.45) is 2.03. The predicted octanol–water partition coefficient (Wildman–Crippen LogP) is 2.00. The lowest BCUT2D eigenvalue weighted by atomic mass is 10.1. The Morgan fingerprint density at radius 1 is 1.24 bits per heavy atom. The lowest BCUT2D eigenvalue weighted by molar-refractivity contribution is 0.219. The molecule has 0 saturated heterocycles. The normalized spacial score (nSPS) is 12.3. The van der Waals surface area contributed by atoms with E-state index in [2.05, 4.69) is 0 Å². The molecule has 0 aromatic heterocycles. The molecule has 1 aromatic rings. The summed E-state index contributed by atoms with van der Waals surface area (Å²) in [4.78, 5) is 0.255. The van der Waals surface area contributed by atoms with Crippen molar-refractivity contribution in [2.45, 2.75) is 51.0 Å². The molecule has 5 nitrogen and oxygen atoms in total. The van der Waals surface area contributed by atoms with Crippen LogP contribution < -0.4 is 5.73 Å². The van der Waals surface area contributed by atoms with E-state index in [-0.39, 0.29) is 24.1 Å². The standard InChI is InChI=1S/C15H26N2O3S/c1-4-12-7-8-13(16)11-15(12)21(19,20)17(9-10-18)14(5-2)6-3/h7-8,11,14,18H,4-6,9-10,16H2,1-3H3. The molecule has 0 radical (unpaired) electrons. The monoisotopic (exact) mass is 314 g/mol. The fraction of sp³-hybridized carbons (Fsp3) is 0.600. The number of aryl methyl sites for hydroxylation is 1. The van der Waals surface area contributed by atoms with Crippen molar-refractivity contribution in [3.63, 3.8) is 0 Å². The van der Waals surface area contributed by atoms with E-state index in [0.29, 0.717) is 24.9 Å². The fourth-order valence-corrected chi connectivity index (χ4v) is 4.62. The molecule has 0 amide bonds. The molecule has 0 bridgehead atoms. The molecule has 0 aliphatic rings. The van der Waals surface area contributed by atoms with E-state index in [1.165, 1.54) is 10.4 Å². The average molecular weight is 314 g/mol. The summed E-state index contributed by atoms with van der Waals surface area (Å²) >= 11 is 0. The summed E-state index contributed by atoms with van der Waals surface area (Å²) < 4.78 is 27.3. The minimum absolute atomic E-state index is 0.104. The molecule has 0 aliphatic heterocycles. The predicted molar refractivity (Wildman–Crippen MR) is 85.6 cm³/mol. The third-order valence-corrected chi connectivity index (χ3v) is 5.76. The first-order valence-electron chi connectivity index (χ1n) is 7.43. The number of hydrogen-bond donors (Lipinski definition) is 2. The Bertz CT molecular complexity index is 554. The molecule has 21 heavy (non-hydrogen) atoms. The number of nitrogens with two attached hydrogens (primary N) is 1.